The fraction of sp³-hybridized carbons (Fsp3) is 0.565. The molecule has 0 aliphatic heterocycles. The van der Waals surface area contributed by atoms with Crippen LogP contribution in [0, 0.1) is 36.3 Å². The van der Waals surface area contributed by atoms with Crippen molar-refractivity contribution in [3.63, 3.8) is 0 Å². The van der Waals surface area contributed by atoms with Gasteiger partial charge in [0.1, 0.15) is 6.61 Å². The highest BCUT2D eigenvalue weighted by molar-refractivity contribution is 5.30. The molecular formula is C23H30F2O. The molecule has 1 saturated carbocycles. The molecular weight excluding hydrogens is 330 g/mol. The van der Waals surface area contributed by atoms with Crippen LogP contribution in [0.5, 0.6) is 5.75 Å². The number of benzene rings is 1. The molecule has 26 heavy (non-hydrogen) atoms. The van der Waals surface area contributed by atoms with Crippen molar-refractivity contribution in [3.05, 3.63) is 53.1 Å². The third-order valence-corrected chi connectivity index (χ3v) is 6.15. The zero-order chi connectivity index (χ0) is 18.5. The highest BCUT2D eigenvalue weighted by Crippen LogP contribution is 2.40. The van der Waals surface area contributed by atoms with Gasteiger partial charge in [-0.2, -0.15) is 4.39 Å². The van der Waals surface area contributed by atoms with Crippen molar-refractivity contribution < 1.29 is 13.5 Å². The highest BCUT2D eigenvalue weighted by atomic mass is 19.2. The second-order valence-electron chi connectivity index (χ2n) is 7.89. The van der Waals surface area contributed by atoms with Gasteiger partial charge in [0.25, 0.3) is 0 Å². The third kappa shape index (κ3) is 4.55. The van der Waals surface area contributed by atoms with Crippen molar-refractivity contribution in [2.24, 2.45) is 17.8 Å². The Balaban J connectivity index is 1.49. The number of hydrogen-bond donors (Lipinski definition) is 0. The first-order chi connectivity index (χ1) is 12.6. The minimum absolute atomic E-state index is 0.0124. The quantitative estimate of drug-likeness (QED) is 0.527. The van der Waals surface area contributed by atoms with Gasteiger partial charge >= 0.3 is 0 Å². The van der Waals surface area contributed by atoms with Crippen LogP contribution in [0.3, 0.4) is 0 Å². The van der Waals surface area contributed by atoms with E-state index >= 15 is 0 Å². The van der Waals surface area contributed by atoms with Gasteiger partial charge < -0.3 is 4.74 Å². The molecule has 0 heterocycles. The Morgan fingerprint density at radius 1 is 1.04 bits per heavy atom. The average Bonchev–Trinajstić information content (AvgIpc) is 2.67. The number of halogens is 2. The van der Waals surface area contributed by atoms with E-state index in [-0.39, 0.29) is 5.75 Å². The number of hydrogen-bond acceptors (Lipinski definition) is 1. The van der Waals surface area contributed by atoms with E-state index in [9.17, 15) is 8.78 Å². The van der Waals surface area contributed by atoms with Crippen LogP contribution in [0.2, 0.25) is 0 Å². The first-order valence-corrected chi connectivity index (χ1v) is 9.96. The number of rotatable bonds is 5. The summed E-state index contributed by atoms with van der Waals surface area (Å²) in [6.07, 6.45) is 15.4. The van der Waals surface area contributed by atoms with E-state index in [4.69, 9.17) is 4.74 Å². The summed E-state index contributed by atoms with van der Waals surface area (Å²) in [7, 11) is 0. The predicted molar refractivity (Wildman–Crippen MR) is 102 cm³/mol. The second-order valence-corrected chi connectivity index (χ2v) is 7.89. The zero-order valence-electron chi connectivity index (χ0n) is 15.9. The fourth-order valence-corrected chi connectivity index (χ4v) is 4.46. The second kappa shape index (κ2) is 8.83. The topological polar surface area (TPSA) is 9.23 Å². The highest BCUT2D eigenvalue weighted by Gasteiger charge is 2.28. The molecule has 1 aromatic carbocycles. The summed E-state index contributed by atoms with van der Waals surface area (Å²) in [6, 6.07) is 3.08. The molecule has 0 saturated heterocycles. The predicted octanol–water partition coefficient (Wildman–Crippen LogP) is 6.76. The van der Waals surface area contributed by atoms with E-state index in [2.05, 4.69) is 25.2 Å². The Morgan fingerprint density at radius 2 is 1.81 bits per heavy atom. The van der Waals surface area contributed by atoms with E-state index in [1.807, 2.05) is 0 Å². The van der Waals surface area contributed by atoms with Crippen LogP contribution in [-0.2, 0) is 0 Å². The van der Waals surface area contributed by atoms with Crippen LogP contribution >= 0.6 is 0 Å². The fourth-order valence-electron chi connectivity index (χ4n) is 4.46. The molecule has 142 valence electrons. The molecule has 0 N–H and O–H groups in total. The first kappa shape index (κ1) is 19.1. The number of allylic oxidation sites excluding steroid dienone is 3. The van der Waals surface area contributed by atoms with Crippen molar-refractivity contribution in [3.8, 4) is 5.75 Å². The SMILES string of the molecule is C/C=C/C1CCC(C2CC=C(COc3ccc(C)c(F)c3F)CC2)CC1. The smallest absolute Gasteiger partial charge is 0.200 e. The average molecular weight is 360 g/mol. The van der Waals surface area contributed by atoms with E-state index in [1.54, 1.807) is 13.0 Å². The van der Waals surface area contributed by atoms with Crippen LogP contribution in [0.1, 0.15) is 57.4 Å². The van der Waals surface area contributed by atoms with E-state index < -0.39 is 11.6 Å². The summed E-state index contributed by atoms with van der Waals surface area (Å²) in [4.78, 5) is 0. The molecule has 1 aromatic rings. The van der Waals surface area contributed by atoms with Crippen LogP contribution in [0.15, 0.2) is 35.9 Å². The number of aryl methyl sites for hydroxylation is 1. The molecule has 0 bridgehead atoms. The molecule has 0 aromatic heterocycles. The van der Waals surface area contributed by atoms with Crippen LogP contribution in [-0.4, -0.2) is 6.61 Å². The molecule has 3 rings (SSSR count). The van der Waals surface area contributed by atoms with Gasteiger partial charge in [0.15, 0.2) is 11.6 Å². The summed E-state index contributed by atoms with van der Waals surface area (Å²) >= 11 is 0. The molecule has 0 amide bonds. The molecule has 1 nitrogen and oxygen atoms in total. The summed E-state index contributed by atoms with van der Waals surface area (Å²) in [6.45, 7) is 4.02. The maximum atomic E-state index is 13.9. The van der Waals surface area contributed by atoms with Gasteiger partial charge in [-0.1, -0.05) is 24.3 Å². The van der Waals surface area contributed by atoms with Crippen molar-refractivity contribution >= 4 is 0 Å². The van der Waals surface area contributed by atoms with Gasteiger partial charge in [0.2, 0.25) is 5.82 Å². The lowest BCUT2D eigenvalue weighted by Crippen LogP contribution is -2.23. The lowest BCUT2D eigenvalue weighted by Gasteiger charge is -2.34. The first-order valence-electron chi connectivity index (χ1n) is 9.96. The Bertz CT molecular complexity index is 669. The minimum Gasteiger partial charge on any atom is -0.486 e. The molecule has 2 aliphatic rings. The largest absolute Gasteiger partial charge is 0.486 e. The molecule has 1 unspecified atom stereocenters. The lowest BCUT2D eigenvalue weighted by atomic mass is 9.71. The molecule has 3 heteroatoms. The Labute approximate surface area is 156 Å². The monoisotopic (exact) mass is 360 g/mol. The van der Waals surface area contributed by atoms with Gasteiger partial charge in [0, 0.05) is 0 Å². The summed E-state index contributed by atoms with van der Waals surface area (Å²) in [5.74, 6) is 0.728. The summed E-state index contributed by atoms with van der Waals surface area (Å²) in [5.41, 5.74) is 1.52. The van der Waals surface area contributed by atoms with Gasteiger partial charge in [-0.05, 0) is 93.7 Å². The molecule has 0 spiro atoms. The molecule has 1 atom stereocenters. The van der Waals surface area contributed by atoms with Gasteiger partial charge in [-0.25, -0.2) is 4.39 Å². The Morgan fingerprint density at radius 3 is 2.46 bits per heavy atom. The van der Waals surface area contributed by atoms with Crippen molar-refractivity contribution in [2.75, 3.05) is 6.61 Å². The Hall–Kier alpha value is -1.64. The van der Waals surface area contributed by atoms with Crippen molar-refractivity contribution in [2.45, 2.75) is 58.8 Å². The maximum Gasteiger partial charge on any atom is 0.200 e. The standard InChI is InChI=1S/C23H30F2O/c1-3-4-17-6-10-19(11-7-17)20-12-8-18(9-13-20)15-26-21-14-5-16(2)22(24)23(21)25/h3-5,8,14,17,19-20H,6-7,9-13,15H2,1-2H3/b4-3+. The minimum atomic E-state index is -0.878. The van der Waals surface area contributed by atoms with E-state index in [1.165, 1.54) is 43.7 Å². The van der Waals surface area contributed by atoms with Gasteiger partial charge in [-0.15, -0.1) is 0 Å². The van der Waals surface area contributed by atoms with E-state index in [0.717, 1.165) is 30.6 Å². The van der Waals surface area contributed by atoms with Gasteiger partial charge in [-0.3, -0.25) is 0 Å². The van der Waals surface area contributed by atoms with Crippen LogP contribution in [0.4, 0.5) is 8.78 Å². The molecule has 1 fully saturated rings. The van der Waals surface area contributed by atoms with Gasteiger partial charge in [0.05, 0.1) is 0 Å². The number of ether oxygens (including phenoxy) is 1. The zero-order valence-corrected chi connectivity index (χ0v) is 15.9. The third-order valence-electron chi connectivity index (χ3n) is 6.15. The van der Waals surface area contributed by atoms with Crippen LogP contribution < -0.4 is 4.74 Å². The van der Waals surface area contributed by atoms with Crippen LogP contribution in [0.25, 0.3) is 0 Å². The van der Waals surface area contributed by atoms with Crippen molar-refractivity contribution in [1.82, 2.24) is 0 Å². The summed E-state index contributed by atoms with van der Waals surface area (Å²) < 4.78 is 33.0. The normalized spacial score (nSPS) is 26.8. The molecule has 2 aliphatic carbocycles. The maximum absolute atomic E-state index is 13.9. The van der Waals surface area contributed by atoms with Crippen molar-refractivity contribution in [1.29, 1.82) is 0 Å². The van der Waals surface area contributed by atoms with E-state index in [0.29, 0.717) is 12.2 Å². The molecule has 0 radical (unpaired) electrons. The lowest BCUT2D eigenvalue weighted by molar-refractivity contribution is 0.206. The summed E-state index contributed by atoms with van der Waals surface area (Å²) in [5, 5.41) is 0. The Kier molecular flexibility index (Phi) is 6.50.